The first-order valence-electron chi connectivity index (χ1n) is 6.58. The zero-order valence-electron chi connectivity index (χ0n) is 11.5. The average Bonchev–Trinajstić information content (AvgIpc) is 2.84. The quantitative estimate of drug-likeness (QED) is 0.772. The lowest BCUT2D eigenvalue weighted by molar-refractivity contribution is 0.0698. The van der Waals surface area contributed by atoms with Crippen LogP contribution in [0, 0.1) is 6.92 Å². The van der Waals surface area contributed by atoms with Gasteiger partial charge in [-0.25, -0.2) is 4.79 Å². The van der Waals surface area contributed by atoms with Crippen molar-refractivity contribution in [1.82, 2.24) is 0 Å². The molecule has 0 saturated heterocycles. The summed E-state index contributed by atoms with van der Waals surface area (Å²) in [6, 6.07) is 15.6. The number of carboxylic acid groups (broad SMARTS) is 1. The Morgan fingerprint density at radius 3 is 2.67 bits per heavy atom. The molecular weight excluding hydrogens is 284 g/mol. The van der Waals surface area contributed by atoms with Gasteiger partial charge in [0, 0.05) is 10.1 Å². The average molecular weight is 298 g/mol. The maximum absolute atomic E-state index is 11.4. The van der Waals surface area contributed by atoms with E-state index in [1.54, 1.807) is 0 Å². The first kappa shape index (κ1) is 13.6. The Kier molecular flexibility index (Phi) is 3.62. The molecule has 1 heterocycles. The number of thiophene rings is 1. The van der Waals surface area contributed by atoms with E-state index in [2.05, 4.69) is 0 Å². The molecule has 0 fully saturated rings. The third-order valence-corrected chi connectivity index (χ3v) is 4.36. The van der Waals surface area contributed by atoms with Crippen LogP contribution < -0.4 is 4.74 Å². The van der Waals surface area contributed by atoms with E-state index in [0.29, 0.717) is 12.4 Å². The van der Waals surface area contributed by atoms with Crippen molar-refractivity contribution >= 4 is 27.4 Å². The number of rotatable bonds is 4. The van der Waals surface area contributed by atoms with E-state index in [0.717, 1.165) is 21.2 Å². The summed E-state index contributed by atoms with van der Waals surface area (Å²) >= 11 is 1.25. The number of aromatic carboxylic acids is 1. The van der Waals surface area contributed by atoms with Crippen LogP contribution >= 0.6 is 11.3 Å². The van der Waals surface area contributed by atoms with Crippen LogP contribution in [0.2, 0.25) is 0 Å². The van der Waals surface area contributed by atoms with Crippen LogP contribution in [0.15, 0.2) is 48.5 Å². The number of hydrogen-bond donors (Lipinski definition) is 1. The van der Waals surface area contributed by atoms with E-state index >= 15 is 0 Å². The van der Waals surface area contributed by atoms with Gasteiger partial charge in [-0.05, 0) is 24.6 Å². The smallest absolute Gasteiger partial charge is 0.349 e. The SMILES string of the molecule is Cc1ccc2sc(C(=O)O)c(OCc3ccccc3)c2c1. The molecule has 4 heteroatoms. The van der Waals surface area contributed by atoms with Crippen molar-refractivity contribution in [2.24, 2.45) is 0 Å². The van der Waals surface area contributed by atoms with Gasteiger partial charge in [-0.1, -0.05) is 42.0 Å². The van der Waals surface area contributed by atoms with Gasteiger partial charge in [-0.3, -0.25) is 0 Å². The van der Waals surface area contributed by atoms with Gasteiger partial charge >= 0.3 is 5.97 Å². The molecule has 1 N–H and O–H groups in total. The van der Waals surface area contributed by atoms with E-state index in [1.165, 1.54) is 11.3 Å². The highest BCUT2D eigenvalue weighted by Gasteiger charge is 2.19. The molecule has 0 aliphatic carbocycles. The fourth-order valence-corrected chi connectivity index (χ4v) is 3.17. The normalized spacial score (nSPS) is 10.7. The summed E-state index contributed by atoms with van der Waals surface area (Å²) in [5, 5.41) is 10.2. The third-order valence-electron chi connectivity index (χ3n) is 3.22. The molecule has 0 aliphatic heterocycles. The second-order valence-electron chi connectivity index (χ2n) is 4.84. The zero-order valence-corrected chi connectivity index (χ0v) is 12.3. The Balaban J connectivity index is 2.00. The maximum Gasteiger partial charge on any atom is 0.349 e. The van der Waals surface area contributed by atoms with Gasteiger partial charge in [0.2, 0.25) is 0 Å². The van der Waals surface area contributed by atoms with Gasteiger partial charge < -0.3 is 9.84 Å². The fraction of sp³-hybridized carbons (Fsp3) is 0.118. The van der Waals surface area contributed by atoms with Crippen LogP contribution in [0.25, 0.3) is 10.1 Å². The summed E-state index contributed by atoms with van der Waals surface area (Å²) in [6.45, 7) is 2.35. The van der Waals surface area contributed by atoms with Crippen LogP contribution in [0.3, 0.4) is 0 Å². The van der Waals surface area contributed by atoms with Crippen molar-refractivity contribution in [2.75, 3.05) is 0 Å². The molecule has 0 saturated carbocycles. The lowest BCUT2D eigenvalue weighted by atomic mass is 10.1. The number of ether oxygens (including phenoxy) is 1. The topological polar surface area (TPSA) is 46.5 Å². The summed E-state index contributed by atoms with van der Waals surface area (Å²) in [6.07, 6.45) is 0. The number of carboxylic acids is 1. The van der Waals surface area contributed by atoms with Crippen molar-refractivity contribution < 1.29 is 14.6 Å². The molecule has 3 aromatic rings. The Bertz CT molecular complexity index is 790. The zero-order chi connectivity index (χ0) is 14.8. The van der Waals surface area contributed by atoms with Crippen LogP contribution in [0.4, 0.5) is 0 Å². The number of hydrogen-bond acceptors (Lipinski definition) is 3. The van der Waals surface area contributed by atoms with E-state index in [-0.39, 0.29) is 4.88 Å². The summed E-state index contributed by atoms with van der Waals surface area (Å²) in [5.74, 6) is -0.480. The van der Waals surface area contributed by atoms with Crippen molar-refractivity contribution in [2.45, 2.75) is 13.5 Å². The second-order valence-corrected chi connectivity index (χ2v) is 5.89. The lowest BCUT2D eigenvalue weighted by Crippen LogP contribution is -2.00. The summed E-state index contributed by atoms with van der Waals surface area (Å²) in [4.78, 5) is 11.7. The number of aryl methyl sites for hydroxylation is 1. The highest BCUT2D eigenvalue weighted by Crippen LogP contribution is 2.38. The molecule has 0 unspecified atom stereocenters. The second kappa shape index (κ2) is 5.58. The fourth-order valence-electron chi connectivity index (χ4n) is 2.20. The van der Waals surface area contributed by atoms with Gasteiger partial charge in [0.15, 0.2) is 10.6 Å². The highest BCUT2D eigenvalue weighted by molar-refractivity contribution is 7.21. The Morgan fingerprint density at radius 1 is 1.19 bits per heavy atom. The standard InChI is InChI=1S/C17H14O3S/c1-11-7-8-14-13(9-11)15(16(21-14)17(18)19)20-10-12-5-3-2-4-6-12/h2-9H,10H2,1H3,(H,18,19). The number of benzene rings is 2. The van der Waals surface area contributed by atoms with Gasteiger partial charge in [-0.2, -0.15) is 0 Å². The summed E-state index contributed by atoms with van der Waals surface area (Å²) in [5.41, 5.74) is 2.10. The van der Waals surface area contributed by atoms with Crippen molar-refractivity contribution in [3.63, 3.8) is 0 Å². The Morgan fingerprint density at radius 2 is 1.95 bits per heavy atom. The molecule has 0 amide bonds. The van der Waals surface area contributed by atoms with E-state index < -0.39 is 5.97 Å². The van der Waals surface area contributed by atoms with E-state index in [1.807, 2.05) is 55.5 Å². The number of carbonyl (C=O) groups is 1. The summed E-state index contributed by atoms with van der Waals surface area (Å²) in [7, 11) is 0. The van der Waals surface area contributed by atoms with Gasteiger partial charge in [-0.15, -0.1) is 11.3 Å². The molecule has 0 bridgehead atoms. The molecular formula is C17H14O3S. The monoisotopic (exact) mass is 298 g/mol. The molecule has 106 valence electrons. The molecule has 1 aromatic heterocycles. The first-order valence-corrected chi connectivity index (χ1v) is 7.40. The van der Waals surface area contributed by atoms with Gasteiger partial charge in [0.05, 0.1) is 0 Å². The lowest BCUT2D eigenvalue weighted by Gasteiger charge is -2.07. The van der Waals surface area contributed by atoms with Crippen LogP contribution in [-0.4, -0.2) is 11.1 Å². The molecule has 0 aliphatic rings. The predicted molar refractivity (Wildman–Crippen MR) is 84.3 cm³/mol. The van der Waals surface area contributed by atoms with Crippen LogP contribution in [0.1, 0.15) is 20.8 Å². The largest absolute Gasteiger partial charge is 0.486 e. The Labute approximate surface area is 126 Å². The van der Waals surface area contributed by atoms with Gasteiger partial charge in [0.25, 0.3) is 0 Å². The van der Waals surface area contributed by atoms with Crippen molar-refractivity contribution in [3.05, 3.63) is 64.5 Å². The van der Waals surface area contributed by atoms with Crippen LogP contribution in [0.5, 0.6) is 5.75 Å². The molecule has 0 atom stereocenters. The van der Waals surface area contributed by atoms with E-state index in [4.69, 9.17) is 4.74 Å². The predicted octanol–water partition coefficient (Wildman–Crippen LogP) is 4.49. The third kappa shape index (κ3) is 2.76. The molecule has 0 spiro atoms. The van der Waals surface area contributed by atoms with E-state index in [9.17, 15) is 9.90 Å². The molecule has 3 rings (SSSR count). The number of fused-ring (bicyclic) bond motifs is 1. The van der Waals surface area contributed by atoms with Crippen molar-refractivity contribution in [1.29, 1.82) is 0 Å². The highest BCUT2D eigenvalue weighted by atomic mass is 32.1. The molecule has 2 aromatic carbocycles. The van der Waals surface area contributed by atoms with Crippen molar-refractivity contribution in [3.8, 4) is 5.75 Å². The molecule has 21 heavy (non-hydrogen) atoms. The summed E-state index contributed by atoms with van der Waals surface area (Å²) < 4.78 is 6.75. The minimum Gasteiger partial charge on any atom is -0.486 e. The van der Waals surface area contributed by atoms with Crippen LogP contribution in [-0.2, 0) is 6.61 Å². The Hall–Kier alpha value is -2.33. The minimum absolute atomic E-state index is 0.256. The molecule has 0 radical (unpaired) electrons. The minimum atomic E-state index is -0.947. The van der Waals surface area contributed by atoms with Gasteiger partial charge in [0.1, 0.15) is 6.61 Å². The molecule has 3 nitrogen and oxygen atoms in total. The first-order chi connectivity index (χ1) is 10.1. The maximum atomic E-state index is 11.4.